The molecule has 0 spiro atoms. The van der Waals surface area contributed by atoms with Crippen LogP contribution in [0.3, 0.4) is 0 Å². The Balaban J connectivity index is 0.000000810. The molecule has 1 aromatic rings. The number of nitrogens with one attached hydrogen (secondary N) is 2. The molecule has 56 valence electrons. The number of halogens is 2. The molecule has 0 aliphatic rings. The van der Waals surface area contributed by atoms with Crippen molar-refractivity contribution in [3.05, 3.63) is 18.6 Å². The third-order valence-corrected chi connectivity index (χ3v) is 0.833. The van der Waals surface area contributed by atoms with Crippen molar-refractivity contribution < 1.29 is 0 Å². The summed E-state index contributed by atoms with van der Waals surface area (Å²) in [7, 11) is 0. The van der Waals surface area contributed by atoms with Crippen LogP contribution in [0.5, 0.6) is 0 Å². The monoisotopic (exact) mass is 180 g/mol. The highest BCUT2D eigenvalue weighted by Crippen LogP contribution is 1.92. The minimum Gasteiger partial charge on any atom is -0.290 e. The number of rotatable bonds is 2. The fourth-order valence-corrected chi connectivity index (χ4v) is 0.509. The highest BCUT2D eigenvalue weighted by molar-refractivity contribution is 6.13. The summed E-state index contributed by atoms with van der Waals surface area (Å²) in [6, 6.07) is 0. The van der Waals surface area contributed by atoms with Crippen molar-refractivity contribution in [3.63, 3.8) is 0 Å². The van der Waals surface area contributed by atoms with Gasteiger partial charge in [-0.15, -0.1) is 17.4 Å². The fourth-order valence-electron chi connectivity index (χ4n) is 0.412. The molecule has 1 rings (SSSR count). The molecule has 0 aromatic carbocycles. The van der Waals surface area contributed by atoms with Crippen LogP contribution < -0.4 is 10.4 Å². The molecule has 0 radical (unpaired) electrons. The molecule has 0 saturated carbocycles. The molecular weight excluding hydrogens is 175 g/mol. The molecule has 0 bridgehead atoms. The predicted molar refractivity (Wildman–Crippen MR) is 41.9 cm³/mol. The van der Waals surface area contributed by atoms with E-state index in [0.717, 1.165) is 0 Å². The number of anilines is 1. The molecule has 4 nitrogen and oxygen atoms in total. The summed E-state index contributed by atoms with van der Waals surface area (Å²) in [5.74, 6) is 0.590. The van der Waals surface area contributed by atoms with Crippen molar-refractivity contribution in [3.8, 4) is 0 Å². The van der Waals surface area contributed by atoms with Gasteiger partial charge in [0.1, 0.15) is 0 Å². The standard InChI is InChI=1S/C4H5ClN4.ClH/c5-9-8-4-3-6-1-2-7-4;/h1-3,9H,(H,7,8);1H. The van der Waals surface area contributed by atoms with Crippen LogP contribution in [0.25, 0.3) is 0 Å². The molecule has 0 amide bonds. The average Bonchev–Trinajstić information content (AvgIpc) is 1.91. The summed E-state index contributed by atoms with van der Waals surface area (Å²) in [5, 5.41) is 0. The van der Waals surface area contributed by atoms with Gasteiger partial charge >= 0.3 is 0 Å². The second-order valence-electron chi connectivity index (χ2n) is 1.31. The van der Waals surface area contributed by atoms with Gasteiger partial charge in [0.05, 0.1) is 6.20 Å². The van der Waals surface area contributed by atoms with Crippen LogP contribution >= 0.6 is 24.2 Å². The summed E-state index contributed by atoms with van der Waals surface area (Å²) < 4.78 is 0. The third-order valence-electron chi connectivity index (χ3n) is 0.738. The maximum atomic E-state index is 5.11. The highest BCUT2D eigenvalue weighted by atomic mass is 35.5. The molecule has 6 heteroatoms. The lowest BCUT2D eigenvalue weighted by Gasteiger charge is -1.96. The number of nitrogens with zero attached hydrogens (tertiary/aromatic N) is 2. The maximum Gasteiger partial charge on any atom is 0.159 e. The second kappa shape index (κ2) is 5.22. The van der Waals surface area contributed by atoms with Gasteiger partial charge in [0, 0.05) is 12.4 Å². The first-order valence-corrected chi connectivity index (χ1v) is 2.69. The van der Waals surface area contributed by atoms with Crippen molar-refractivity contribution in [2.75, 3.05) is 5.43 Å². The van der Waals surface area contributed by atoms with Gasteiger partial charge in [-0.3, -0.25) is 10.4 Å². The fraction of sp³-hybridized carbons (Fsp3) is 0. The molecule has 10 heavy (non-hydrogen) atoms. The number of aromatic nitrogens is 2. The van der Waals surface area contributed by atoms with E-state index in [1.165, 1.54) is 0 Å². The van der Waals surface area contributed by atoms with Gasteiger partial charge in [-0.1, -0.05) is 0 Å². The minimum absolute atomic E-state index is 0. The molecular formula is C4H6Cl2N4. The highest BCUT2D eigenvalue weighted by Gasteiger charge is 1.84. The van der Waals surface area contributed by atoms with Gasteiger partial charge in [-0.05, 0) is 11.8 Å². The summed E-state index contributed by atoms with van der Waals surface area (Å²) in [5.41, 5.74) is 2.55. The molecule has 0 aliphatic carbocycles. The summed E-state index contributed by atoms with van der Waals surface area (Å²) >= 11 is 5.11. The molecule has 2 N–H and O–H groups in total. The van der Waals surface area contributed by atoms with E-state index >= 15 is 0 Å². The van der Waals surface area contributed by atoms with E-state index in [-0.39, 0.29) is 12.4 Å². The van der Waals surface area contributed by atoms with Crippen LogP contribution in [0.2, 0.25) is 0 Å². The van der Waals surface area contributed by atoms with Crippen LogP contribution in [-0.2, 0) is 0 Å². The van der Waals surface area contributed by atoms with Crippen molar-refractivity contribution in [2.45, 2.75) is 0 Å². The molecule has 0 fully saturated rings. The van der Waals surface area contributed by atoms with E-state index in [9.17, 15) is 0 Å². The molecule has 0 unspecified atom stereocenters. The van der Waals surface area contributed by atoms with E-state index in [4.69, 9.17) is 11.8 Å². The zero-order chi connectivity index (χ0) is 6.53. The van der Waals surface area contributed by atoms with Crippen molar-refractivity contribution in [1.29, 1.82) is 0 Å². The Bertz CT molecular complexity index is 168. The van der Waals surface area contributed by atoms with Gasteiger partial charge in [-0.2, -0.15) is 0 Å². The maximum absolute atomic E-state index is 5.11. The van der Waals surface area contributed by atoms with Crippen LogP contribution in [0.4, 0.5) is 5.82 Å². The van der Waals surface area contributed by atoms with Gasteiger partial charge in [0.25, 0.3) is 0 Å². The summed E-state index contributed by atoms with van der Waals surface area (Å²) in [6.45, 7) is 0. The minimum atomic E-state index is 0. The second-order valence-corrected chi connectivity index (χ2v) is 1.50. The van der Waals surface area contributed by atoms with Crippen LogP contribution in [0.1, 0.15) is 0 Å². The largest absolute Gasteiger partial charge is 0.290 e. The molecule has 0 atom stereocenters. The van der Waals surface area contributed by atoms with Crippen LogP contribution in [-0.4, -0.2) is 9.97 Å². The van der Waals surface area contributed by atoms with E-state index < -0.39 is 0 Å². The van der Waals surface area contributed by atoms with Gasteiger partial charge in [0.2, 0.25) is 0 Å². The number of hydrazine groups is 1. The zero-order valence-electron chi connectivity index (χ0n) is 4.91. The molecule has 1 aromatic heterocycles. The Morgan fingerprint density at radius 2 is 2.20 bits per heavy atom. The average molecular weight is 181 g/mol. The topological polar surface area (TPSA) is 49.8 Å². The molecule has 0 saturated heterocycles. The normalized spacial score (nSPS) is 8.10. The van der Waals surface area contributed by atoms with Crippen molar-refractivity contribution in [2.24, 2.45) is 0 Å². The van der Waals surface area contributed by atoms with Crippen molar-refractivity contribution >= 4 is 30.0 Å². The first-order valence-electron chi connectivity index (χ1n) is 2.31. The first kappa shape index (κ1) is 9.42. The molecule has 1 heterocycles. The van der Waals surface area contributed by atoms with Gasteiger partial charge in [0.15, 0.2) is 5.82 Å². The Kier molecular flexibility index (Phi) is 4.92. The SMILES string of the molecule is Cl.ClNNc1cnccn1. The Hall–Kier alpha value is -0.580. The van der Waals surface area contributed by atoms with E-state index in [0.29, 0.717) is 5.82 Å². The smallest absolute Gasteiger partial charge is 0.159 e. The Labute approximate surface area is 69.5 Å². The van der Waals surface area contributed by atoms with Gasteiger partial charge < -0.3 is 0 Å². The number of hydrogen-bond donors (Lipinski definition) is 2. The van der Waals surface area contributed by atoms with Crippen LogP contribution in [0, 0.1) is 0 Å². The van der Waals surface area contributed by atoms with Crippen LogP contribution in [0.15, 0.2) is 18.6 Å². The van der Waals surface area contributed by atoms with E-state index in [1.54, 1.807) is 18.6 Å². The van der Waals surface area contributed by atoms with Gasteiger partial charge in [-0.25, -0.2) is 4.98 Å². The number of hydrogen-bond acceptors (Lipinski definition) is 4. The predicted octanol–water partition coefficient (Wildman–Crippen LogP) is 0.969. The first-order chi connectivity index (χ1) is 4.43. The Morgan fingerprint density at radius 3 is 2.70 bits per heavy atom. The lowest BCUT2D eigenvalue weighted by Crippen LogP contribution is -2.09. The summed E-state index contributed by atoms with van der Waals surface area (Å²) in [4.78, 5) is 9.83. The van der Waals surface area contributed by atoms with E-state index in [1.807, 2.05) is 0 Å². The van der Waals surface area contributed by atoms with Crippen molar-refractivity contribution in [1.82, 2.24) is 14.9 Å². The molecule has 0 aliphatic heterocycles. The lowest BCUT2D eigenvalue weighted by molar-refractivity contribution is 1.10. The lowest BCUT2D eigenvalue weighted by atomic mass is 10.7. The van der Waals surface area contributed by atoms with E-state index in [2.05, 4.69) is 20.3 Å². The summed E-state index contributed by atoms with van der Waals surface area (Å²) in [6.07, 6.45) is 4.70. The zero-order valence-corrected chi connectivity index (χ0v) is 6.49. The third kappa shape index (κ3) is 2.82. The quantitative estimate of drug-likeness (QED) is 0.527. The Morgan fingerprint density at radius 1 is 1.40 bits per heavy atom.